The van der Waals surface area contributed by atoms with E-state index >= 15 is 0 Å². The van der Waals surface area contributed by atoms with E-state index in [4.69, 9.17) is 5.73 Å². The minimum atomic E-state index is -0.107. The smallest absolute Gasteiger partial charge is 0.224 e. The number of nitrogens with one attached hydrogen (secondary N) is 1. The quantitative estimate of drug-likeness (QED) is 0.697. The zero-order chi connectivity index (χ0) is 10.4. The first-order valence-corrected chi connectivity index (χ1v) is 5.93. The van der Waals surface area contributed by atoms with E-state index in [-0.39, 0.29) is 23.9 Å². The summed E-state index contributed by atoms with van der Waals surface area (Å²) in [6.07, 6.45) is 2.03. The Bertz CT molecular complexity index is 162. The van der Waals surface area contributed by atoms with Gasteiger partial charge in [0.15, 0.2) is 0 Å². The molecule has 0 rings (SSSR count). The summed E-state index contributed by atoms with van der Waals surface area (Å²) in [6.45, 7) is 5.71. The number of amides is 1. The van der Waals surface area contributed by atoms with Gasteiger partial charge < -0.3 is 11.1 Å². The van der Waals surface area contributed by atoms with Crippen LogP contribution in [0.4, 0.5) is 0 Å². The molecule has 0 fully saturated rings. The molecule has 0 aliphatic rings. The fourth-order valence-corrected chi connectivity index (χ4v) is 1.49. The van der Waals surface area contributed by atoms with E-state index in [1.807, 2.05) is 27.0 Å². The maximum absolute atomic E-state index is 11.5. The molecule has 0 heterocycles. The van der Waals surface area contributed by atoms with Crippen molar-refractivity contribution in [3.63, 3.8) is 0 Å². The van der Waals surface area contributed by atoms with Crippen molar-refractivity contribution in [1.29, 1.82) is 0 Å². The number of thioether (sulfide) groups is 1. The van der Waals surface area contributed by atoms with Crippen LogP contribution in [0.2, 0.25) is 0 Å². The number of carbonyl (C=O) groups excluding carboxylic acids is 1. The Morgan fingerprint density at radius 2 is 2.00 bits per heavy atom. The molecule has 0 aliphatic carbocycles. The van der Waals surface area contributed by atoms with Crippen LogP contribution in [0.25, 0.3) is 0 Å². The third kappa shape index (κ3) is 5.16. The van der Waals surface area contributed by atoms with Gasteiger partial charge in [-0.3, -0.25) is 4.79 Å². The van der Waals surface area contributed by atoms with Gasteiger partial charge in [0.1, 0.15) is 0 Å². The van der Waals surface area contributed by atoms with Crippen molar-refractivity contribution >= 4 is 17.7 Å². The molecule has 0 bridgehead atoms. The Morgan fingerprint density at radius 3 is 2.38 bits per heavy atom. The molecule has 3 unspecified atom stereocenters. The van der Waals surface area contributed by atoms with Crippen LogP contribution in [0.1, 0.15) is 20.8 Å². The lowest BCUT2D eigenvalue weighted by Gasteiger charge is -2.18. The molecule has 4 heteroatoms. The van der Waals surface area contributed by atoms with E-state index in [9.17, 15) is 4.79 Å². The van der Waals surface area contributed by atoms with Gasteiger partial charge in [0.25, 0.3) is 0 Å². The molecule has 0 aromatic heterocycles. The number of rotatable bonds is 5. The van der Waals surface area contributed by atoms with Gasteiger partial charge >= 0.3 is 0 Å². The number of nitrogens with two attached hydrogens (primary N) is 1. The zero-order valence-electron chi connectivity index (χ0n) is 8.83. The van der Waals surface area contributed by atoms with Gasteiger partial charge in [-0.25, -0.2) is 0 Å². The Kier molecular flexibility index (Phi) is 6.16. The van der Waals surface area contributed by atoms with Crippen LogP contribution < -0.4 is 11.1 Å². The Labute approximate surface area is 84.8 Å². The second kappa shape index (κ2) is 6.27. The first-order valence-electron chi connectivity index (χ1n) is 4.54. The van der Waals surface area contributed by atoms with E-state index in [1.54, 1.807) is 11.8 Å². The molecule has 0 saturated heterocycles. The first kappa shape index (κ1) is 12.8. The average Bonchev–Trinajstić information content (AvgIpc) is 2.03. The molecule has 3 N–H and O–H groups in total. The third-order valence-corrected chi connectivity index (χ3v) is 2.84. The SMILES string of the molecule is CSCC(C)NC(=O)C(C)C(C)N. The molecule has 13 heavy (non-hydrogen) atoms. The van der Waals surface area contributed by atoms with Crippen molar-refractivity contribution in [2.24, 2.45) is 11.7 Å². The van der Waals surface area contributed by atoms with Crippen LogP contribution >= 0.6 is 11.8 Å². The van der Waals surface area contributed by atoms with Crippen LogP contribution in [0.15, 0.2) is 0 Å². The molecule has 0 radical (unpaired) electrons. The van der Waals surface area contributed by atoms with Crippen LogP contribution in [0, 0.1) is 5.92 Å². The summed E-state index contributed by atoms with van der Waals surface area (Å²) in [5, 5.41) is 2.92. The normalized spacial score (nSPS) is 17.6. The standard InChI is InChI=1S/C9H20N2OS/c1-6(5-13-4)11-9(12)7(2)8(3)10/h6-8H,5,10H2,1-4H3,(H,11,12). The largest absolute Gasteiger partial charge is 0.353 e. The van der Waals surface area contributed by atoms with Gasteiger partial charge in [-0.15, -0.1) is 0 Å². The van der Waals surface area contributed by atoms with Crippen LogP contribution in [-0.2, 0) is 4.79 Å². The summed E-state index contributed by atoms with van der Waals surface area (Å²) < 4.78 is 0. The Balaban J connectivity index is 3.85. The van der Waals surface area contributed by atoms with Gasteiger partial charge in [0.05, 0.1) is 0 Å². The minimum Gasteiger partial charge on any atom is -0.353 e. The second-order valence-corrected chi connectivity index (χ2v) is 4.42. The van der Waals surface area contributed by atoms with Gasteiger partial charge in [-0.2, -0.15) is 11.8 Å². The number of hydrogen-bond donors (Lipinski definition) is 2. The molecule has 0 aliphatic heterocycles. The van der Waals surface area contributed by atoms with Gasteiger partial charge in [-0.1, -0.05) is 6.92 Å². The number of hydrogen-bond acceptors (Lipinski definition) is 3. The summed E-state index contributed by atoms with van der Waals surface area (Å²) in [5.74, 6) is 0.887. The third-order valence-electron chi connectivity index (χ3n) is 2.01. The van der Waals surface area contributed by atoms with Crippen LogP contribution in [0.3, 0.4) is 0 Å². The molecule has 3 nitrogen and oxygen atoms in total. The topological polar surface area (TPSA) is 55.1 Å². The molecular formula is C9H20N2OS. The van der Waals surface area contributed by atoms with Crippen molar-refractivity contribution in [1.82, 2.24) is 5.32 Å². The average molecular weight is 204 g/mol. The fourth-order valence-electron chi connectivity index (χ4n) is 0.905. The van der Waals surface area contributed by atoms with E-state index < -0.39 is 0 Å². The molecular weight excluding hydrogens is 184 g/mol. The van der Waals surface area contributed by atoms with Gasteiger partial charge in [0.2, 0.25) is 5.91 Å². The molecule has 0 saturated carbocycles. The monoisotopic (exact) mass is 204 g/mol. The van der Waals surface area contributed by atoms with Crippen molar-refractivity contribution in [3.8, 4) is 0 Å². The first-order chi connectivity index (χ1) is 5.99. The molecule has 1 amide bonds. The molecule has 3 atom stereocenters. The number of carbonyl (C=O) groups is 1. The predicted octanol–water partition coefficient (Wildman–Crippen LogP) is 0.837. The highest BCUT2D eigenvalue weighted by Gasteiger charge is 2.18. The van der Waals surface area contributed by atoms with E-state index in [1.165, 1.54) is 0 Å². The van der Waals surface area contributed by atoms with Crippen molar-refractivity contribution in [2.45, 2.75) is 32.9 Å². The molecule has 78 valence electrons. The van der Waals surface area contributed by atoms with E-state index in [0.29, 0.717) is 0 Å². The van der Waals surface area contributed by atoms with Crippen LogP contribution in [0.5, 0.6) is 0 Å². The van der Waals surface area contributed by atoms with Gasteiger partial charge in [0, 0.05) is 23.8 Å². The van der Waals surface area contributed by atoms with E-state index in [2.05, 4.69) is 5.32 Å². The lowest BCUT2D eigenvalue weighted by molar-refractivity contribution is -0.125. The Hall–Kier alpha value is -0.220. The molecule has 0 spiro atoms. The lowest BCUT2D eigenvalue weighted by Crippen LogP contribution is -2.43. The maximum atomic E-state index is 11.5. The highest BCUT2D eigenvalue weighted by molar-refractivity contribution is 7.98. The predicted molar refractivity (Wildman–Crippen MR) is 58.8 cm³/mol. The van der Waals surface area contributed by atoms with Crippen LogP contribution in [-0.4, -0.2) is 30.0 Å². The summed E-state index contributed by atoms with van der Waals surface area (Å²) >= 11 is 1.73. The maximum Gasteiger partial charge on any atom is 0.224 e. The minimum absolute atomic E-state index is 0.0524. The van der Waals surface area contributed by atoms with E-state index in [0.717, 1.165) is 5.75 Å². The van der Waals surface area contributed by atoms with Gasteiger partial charge in [-0.05, 0) is 20.1 Å². The summed E-state index contributed by atoms with van der Waals surface area (Å²) in [4.78, 5) is 11.5. The molecule has 0 aromatic carbocycles. The molecule has 0 aromatic rings. The zero-order valence-corrected chi connectivity index (χ0v) is 9.65. The highest BCUT2D eigenvalue weighted by Crippen LogP contribution is 2.02. The van der Waals surface area contributed by atoms with Crippen molar-refractivity contribution in [3.05, 3.63) is 0 Å². The van der Waals surface area contributed by atoms with Crippen molar-refractivity contribution < 1.29 is 4.79 Å². The highest BCUT2D eigenvalue weighted by atomic mass is 32.2. The second-order valence-electron chi connectivity index (χ2n) is 3.51. The Morgan fingerprint density at radius 1 is 1.46 bits per heavy atom. The van der Waals surface area contributed by atoms with Crippen molar-refractivity contribution in [2.75, 3.05) is 12.0 Å². The summed E-state index contributed by atoms with van der Waals surface area (Å²) in [5.41, 5.74) is 5.62. The summed E-state index contributed by atoms with van der Waals surface area (Å²) in [7, 11) is 0. The summed E-state index contributed by atoms with van der Waals surface area (Å²) in [6, 6.07) is 0.144. The fraction of sp³-hybridized carbons (Fsp3) is 0.889. The lowest BCUT2D eigenvalue weighted by atomic mass is 10.0.